The van der Waals surface area contributed by atoms with Gasteiger partial charge in [0.25, 0.3) is 11.2 Å². The van der Waals surface area contributed by atoms with Crippen molar-refractivity contribution >= 4 is 11.9 Å². The molecule has 0 aromatic heterocycles. The molecule has 3 atom stereocenters. The maximum absolute atomic E-state index is 14.3. The standard InChI is InChI=1S/C31H28F6O6/c1-40-28(30(32,33)34,23-16-8-4-9-17-23)26(38)42-21-13-12-20-25(22-14-6-3-7-15-22)43-27(39)29(41-2,31(35,36)37)24-18-10-5-11-19-24/h3-19,25H,20-21H2,1-2H3/b13-12-/t25-,28-,29-/m0/s1. The number of hydrogen-bond donors (Lipinski definition) is 0. The van der Waals surface area contributed by atoms with Crippen LogP contribution in [0, 0.1) is 0 Å². The Hall–Kier alpha value is -4.16. The van der Waals surface area contributed by atoms with Crippen molar-refractivity contribution < 1.29 is 54.9 Å². The molecule has 0 N–H and O–H groups in total. The van der Waals surface area contributed by atoms with Crippen LogP contribution in [0.15, 0.2) is 103 Å². The van der Waals surface area contributed by atoms with Crippen molar-refractivity contribution in [2.75, 3.05) is 20.8 Å². The first-order valence-electron chi connectivity index (χ1n) is 12.8. The predicted octanol–water partition coefficient (Wildman–Crippen LogP) is 6.97. The van der Waals surface area contributed by atoms with Crippen molar-refractivity contribution in [2.45, 2.75) is 36.1 Å². The Morgan fingerprint density at radius 2 is 1.07 bits per heavy atom. The van der Waals surface area contributed by atoms with Crippen LogP contribution in [0.4, 0.5) is 26.3 Å². The van der Waals surface area contributed by atoms with E-state index >= 15 is 0 Å². The number of benzene rings is 3. The second-order valence-corrected chi connectivity index (χ2v) is 9.11. The molecule has 43 heavy (non-hydrogen) atoms. The Kier molecular flexibility index (Phi) is 10.8. The lowest BCUT2D eigenvalue weighted by molar-refractivity contribution is -0.278. The summed E-state index contributed by atoms with van der Waals surface area (Å²) in [5.74, 6) is -3.44. The minimum Gasteiger partial charge on any atom is -0.459 e. The monoisotopic (exact) mass is 610 g/mol. The molecule has 0 aliphatic rings. The lowest BCUT2D eigenvalue weighted by Crippen LogP contribution is -2.52. The van der Waals surface area contributed by atoms with Gasteiger partial charge in [-0.2, -0.15) is 26.3 Å². The summed E-state index contributed by atoms with van der Waals surface area (Å²) in [7, 11) is 1.47. The number of methoxy groups -OCH3 is 2. The van der Waals surface area contributed by atoms with Gasteiger partial charge in [-0.3, -0.25) is 0 Å². The number of rotatable bonds is 12. The van der Waals surface area contributed by atoms with E-state index in [-0.39, 0.29) is 6.42 Å². The zero-order valence-electron chi connectivity index (χ0n) is 23.0. The molecule has 0 unspecified atom stereocenters. The average molecular weight is 611 g/mol. The number of hydrogen-bond acceptors (Lipinski definition) is 6. The van der Waals surface area contributed by atoms with Gasteiger partial charge < -0.3 is 18.9 Å². The fraction of sp³-hybridized carbons (Fsp3) is 0.290. The normalized spacial score (nSPS) is 15.7. The average Bonchev–Trinajstić information content (AvgIpc) is 2.98. The molecule has 0 radical (unpaired) electrons. The highest BCUT2D eigenvalue weighted by atomic mass is 19.4. The first-order chi connectivity index (χ1) is 20.3. The van der Waals surface area contributed by atoms with Crippen LogP contribution in [0.5, 0.6) is 0 Å². The smallest absolute Gasteiger partial charge is 0.432 e. The molecule has 0 amide bonds. The van der Waals surface area contributed by atoms with E-state index in [0.717, 1.165) is 38.5 Å². The summed E-state index contributed by atoms with van der Waals surface area (Å²) in [6, 6.07) is 20.3. The zero-order valence-corrected chi connectivity index (χ0v) is 23.0. The molecule has 0 fully saturated rings. The van der Waals surface area contributed by atoms with E-state index in [1.54, 1.807) is 18.2 Å². The second-order valence-electron chi connectivity index (χ2n) is 9.11. The summed E-state index contributed by atoms with van der Waals surface area (Å²) >= 11 is 0. The summed E-state index contributed by atoms with van der Waals surface area (Å²) in [4.78, 5) is 25.9. The first kappa shape index (κ1) is 33.3. The van der Waals surface area contributed by atoms with Crippen LogP contribution in [0.3, 0.4) is 0 Å². The Morgan fingerprint density at radius 1 is 0.651 bits per heavy atom. The maximum Gasteiger partial charge on any atom is 0.432 e. The fourth-order valence-corrected chi connectivity index (χ4v) is 4.42. The van der Waals surface area contributed by atoms with Crippen LogP contribution < -0.4 is 0 Å². The van der Waals surface area contributed by atoms with Gasteiger partial charge in [0.2, 0.25) is 0 Å². The molecule has 0 aliphatic carbocycles. The lowest BCUT2D eigenvalue weighted by atomic mass is 9.92. The summed E-state index contributed by atoms with van der Waals surface area (Å²) in [5, 5.41) is 0. The molecule has 0 saturated heterocycles. The lowest BCUT2D eigenvalue weighted by Gasteiger charge is -2.33. The minimum atomic E-state index is -5.20. The van der Waals surface area contributed by atoms with Crippen LogP contribution in [0.1, 0.15) is 29.2 Å². The predicted molar refractivity (Wildman–Crippen MR) is 142 cm³/mol. The minimum absolute atomic E-state index is 0.215. The van der Waals surface area contributed by atoms with E-state index in [4.69, 9.17) is 14.2 Å². The third-order valence-corrected chi connectivity index (χ3v) is 6.59. The van der Waals surface area contributed by atoms with Crippen LogP contribution in [0.25, 0.3) is 0 Å². The quantitative estimate of drug-likeness (QED) is 0.125. The molecule has 3 aromatic carbocycles. The van der Waals surface area contributed by atoms with Gasteiger partial charge in [-0.1, -0.05) is 103 Å². The van der Waals surface area contributed by atoms with E-state index in [9.17, 15) is 35.9 Å². The highest BCUT2D eigenvalue weighted by Crippen LogP contribution is 2.45. The zero-order chi connectivity index (χ0) is 31.7. The largest absolute Gasteiger partial charge is 0.459 e. The Labute approximate surface area is 243 Å². The molecule has 6 nitrogen and oxygen atoms in total. The van der Waals surface area contributed by atoms with Crippen molar-refractivity contribution in [3.05, 3.63) is 120 Å². The van der Waals surface area contributed by atoms with E-state index in [2.05, 4.69) is 4.74 Å². The number of halogens is 6. The number of ether oxygens (including phenoxy) is 4. The molecule has 0 aliphatic heterocycles. The molecule has 0 bridgehead atoms. The van der Waals surface area contributed by atoms with Crippen LogP contribution in [-0.2, 0) is 39.7 Å². The Morgan fingerprint density at radius 3 is 1.49 bits per heavy atom. The van der Waals surface area contributed by atoms with Crippen molar-refractivity contribution in [3.8, 4) is 0 Å². The first-order valence-corrected chi connectivity index (χ1v) is 12.8. The third-order valence-electron chi connectivity index (χ3n) is 6.59. The van der Waals surface area contributed by atoms with Gasteiger partial charge in [-0.15, -0.1) is 0 Å². The molecule has 12 heteroatoms. The van der Waals surface area contributed by atoms with Crippen molar-refractivity contribution in [1.29, 1.82) is 0 Å². The highest BCUT2D eigenvalue weighted by Gasteiger charge is 2.65. The number of carbonyl (C=O) groups excluding carboxylic acids is 2. The van der Waals surface area contributed by atoms with E-state index in [1.165, 1.54) is 60.7 Å². The van der Waals surface area contributed by atoms with Gasteiger partial charge in [0, 0.05) is 31.8 Å². The molecule has 3 rings (SSSR count). The summed E-state index contributed by atoms with van der Waals surface area (Å²) in [5.41, 5.74) is -7.46. The molecule has 0 saturated carbocycles. The number of carbonyl (C=O) groups is 2. The van der Waals surface area contributed by atoms with Gasteiger partial charge in [0.05, 0.1) is 0 Å². The fourth-order valence-electron chi connectivity index (χ4n) is 4.42. The van der Waals surface area contributed by atoms with E-state index in [1.807, 2.05) is 0 Å². The van der Waals surface area contributed by atoms with E-state index in [0.29, 0.717) is 5.56 Å². The SMILES string of the molecule is CO[C@](C(=O)OC/C=C\C[C@H](OC(=O)[C@@](OC)(c1ccccc1)C(F)(F)F)c1ccccc1)(c1ccccc1)C(F)(F)F. The van der Waals surface area contributed by atoms with Gasteiger partial charge in [0.15, 0.2) is 0 Å². The van der Waals surface area contributed by atoms with Crippen LogP contribution in [0.2, 0.25) is 0 Å². The van der Waals surface area contributed by atoms with Crippen LogP contribution >= 0.6 is 0 Å². The van der Waals surface area contributed by atoms with Crippen molar-refractivity contribution in [2.24, 2.45) is 0 Å². The molecule has 3 aromatic rings. The summed E-state index contributed by atoms with van der Waals surface area (Å²) in [6.07, 6.45) is -9.37. The summed E-state index contributed by atoms with van der Waals surface area (Å²) < 4.78 is 105. The highest BCUT2D eigenvalue weighted by molar-refractivity contribution is 5.83. The summed E-state index contributed by atoms with van der Waals surface area (Å²) in [6.45, 7) is -0.642. The Bertz CT molecular complexity index is 1360. The van der Waals surface area contributed by atoms with Gasteiger partial charge in [-0.05, 0) is 5.56 Å². The van der Waals surface area contributed by atoms with Crippen molar-refractivity contribution in [3.63, 3.8) is 0 Å². The molecular formula is C31H28F6O6. The number of esters is 2. The van der Waals surface area contributed by atoms with E-state index < -0.39 is 59.3 Å². The Balaban J connectivity index is 1.81. The second kappa shape index (κ2) is 13.9. The third kappa shape index (κ3) is 6.91. The molecule has 230 valence electrons. The van der Waals surface area contributed by atoms with Crippen molar-refractivity contribution in [1.82, 2.24) is 0 Å². The van der Waals surface area contributed by atoms with Gasteiger partial charge in [0.1, 0.15) is 12.7 Å². The molecule has 0 spiro atoms. The number of alkyl halides is 6. The van der Waals surface area contributed by atoms with Gasteiger partial charge >= 0.3 is 24.3 Å². The van der Waals surface area contributed by atoms with Gasteiger partial charge in [-0.25, -0.2) is 9.59 Å². The molecule has 0 heterocycles. The topological polar surface area (TPSA) is 71.1 Å². The molecular weight excluding hydrogens is 582 g/mol. The van der Waals surface area contributed by atoms with Crippen LogP contribution in [-0.4, -0.2) is 45.1 Å². The maximum atomic E-state index is 14.3.